The molecule has 1 aromatic heterocycles. The van der Waals surface area contributed by atoms with E-state index in [0.29, 0.717) is 12.1 Å². The molecule has 1 atom stereocenters. The third-order valence-electron chi connectivity index (χ3n) is 2.25. The SMILES string of the molecule is CCC(CO)NC(=O)c1cc(Br)cn1C. The van der Waals surface area contributed by atoms with Gasteiger partial charge in [0.25, 0.3) is 5.91 Å². The van der Waals surface area contributed by atoms with Gasteiger partial charge in [0.05, 0.1) is 12.6 Å². The summed E-state index contributed by atoms with van der Waals surface area (Å²) in [7, 11) is 1.81. The molecule has 0 saturated carbocycles. The van der Waals surface area contributed by atoms with Crippen molar-refractivity contribution in [1.82, 2.24) is 9.88 Å². The highest BCUT2D eigenvalue weighted by atomic mass is 79.9. The molecule has 4 nitrogen and oxygen atoms in total. The summed E-state index contributed by atoms with van der Waals surface area (Å²) in [5.41, 5.74) is 0.578. The van der Waals surface area contributed by atoms with Gasteiger partial charge < -0.3 is 15.0 Å². The summed E-state index contributed by atoms with van der Waals surface area (Å²) in [5, 5.41) is 11.7. The molecule has 0 spiro atoms. The number of halogens is 1. The number of hydrogen-bond acceptors (Lipinski definition) is 2. The predicted octanol–water partition coefficient (Wildman–Crippen LogP) is 1.29. The number of carbonyl (C=O) groups excluding carboxylic acids is 1. The number of nitrogens with one attached hydrogen (secondary N) is 1. The van der Waals surface area contributed by atoms with Crippen molar-refractivity contribution in [3.8, 4) is 0 Å². The molecule has 84 valence electrons. The van der Waals surface area contributed by atoms with Crippen molar-refractivity contribution in [3.05, 3.63) is 22.4 Å². The average Bonchev–Trinajstić information content (AvgIpc) is 2.54. The normalized spacial score (nSPS) is 12.5. The van der Waals surface area contributed by atoms with E-state index >= 15 is 0 Å². The van der Waals surface area contributed by atoms with Gasteiger partial charge in [0.15, 0.2) is 0 Å². The lowest BCUT2D eigenvalue weighted by Gasteiger charge is -2.13. The first kappa shape index (κ1) is 12.3. The zero-order valence-corrected chi connectivity index (χ0v) is 10.4. The Morgan fingerprint density at radius 2 is 2.40 bits per heavy atom. The lowest BCUT2D eigenvalue weighted by atomic mass is 10.2. The molecule has 1 unspecified atom stereocenters. The Labute approximate surface area is 97.4 Å². The summed E-state index contributed by atoms with van der Waals surface area (Å²) in [6, 6.07) is 1.57. The Kier molecular flexibility index (Phi) is 4.35. The average molecular weight is 275 g/mol. The molecule has 5 heteroatoms. The molecule has 0 aliphatic heterocycles. The third-order valence-corrected chi connectivity index (χ3v) is 2.69. The van der Waals surface area contributed by atoms with Crippen LogP contribution in [0.3, 0.4) is 0 Å². The van der Waals surface area contributed by atoms with Crippen LogP contribution in [0.1, 0.15) is 23.8 Å². The minimum atomic E-state index is -0.175. The van der Waals surface area contributed by atoms with Gasteiger partial charge in [0, 0.05) is 17.7 Å². The zero-order chi connectivity index (χ0) is 11.4. The van der Waals surface area contributed by atoms with E-state index < -0.39 is 0 Å². The second-order valence-corrected chi connectivity index (χ2v) is 4.33. The molecule has 2 N–H and O–H groups in total. The van der Waals surface area contributed by atoms with Gasteiger partial charge in [-0.25, -0.2) is 0 Å². The molecule has 0 fully saturated rings. The fourth-order valence-electron chi connectivity index (χ4n) is 1.29. The fourth-order valence-corrected chi connectivity index (χ4v) is 1.81. The monoisotopic (exact) mass is 274 g/mol. The Balaban J connectivity index is 2.72. The summed E-state index contributed by atoms with van der Waals surface area (Å²) in [5.74, 6) is -0.163. The van der Waals surface area contributed by atoms with Crippen LogP contribution in [0.5, 0.6) is 0 Å². The standard InChI is InChI=1S/C10H15BrN2O2/c1-3-8(6-14)12-10(15)9-4-7(11)5-13(9)2/h4-5,8,14H,3,6H2,1-2H3,(H,12,15). The van der Waals surface area contributed by atoms with E-state index in [4.69, 9.17) is 5.11 Å². The molecule has 0 aliphatic rings. The van der Waals surface area contributed by atoms with E-state index in [-0.39, 0.29) is 18.6 Å². The van der Waals surface area contributed by atoms with Crippen molar-refractivity contribution in [2.75, 3.05) is 6.61 Å². The van der Waals surface area contributed by atoms with Gasteiger partial charge in [-0.3, -0.25) is 4.79 Å². The smallest absolute Gasteiger partial charge is 0.268 e. The van der Waals surface area contributed by atoms with Gasteiger partial charge in [-0.2, -0.15) is 0 Å². The van der Waals surface area contributed by atoms with Gasteiger partial charge in [-0.05, 0) is 28.4 Å². The molecule has 1 heterocycles. The first-order valence-corrected chi connectivity index (χ1v) is 5.61. The van der Waals surface area contributed by atoms with Crippen molar-refractivity contribution < 1.29 is 9.90 Å². The van der Waals surface area contributed by atoms with Gasteiger partial charge in [0.1, 0.15) is 5.69 Å². The van der Waals surface area contributed by atoms with Crippen LogP contribution >= 0.6 is 15.9 Å². The van der Waals surface area contributed by atoms with Crippen LogP contribution < -0.4 is 5.32 Å². The summed E-state index contributed by atoms with van der Waals surface area (Å²) in [4.78, 5) is 11.7. The minimum Gasteiger partial charge on any atom is -0.394 e. The van der Waals surface area contributed by atoms with Gasteiger partial charge in [-0.1, -0.05) is 6.92 Å². The molecule has 1 amide bonds. The second-order valence-electron chi connectivity index (χ2n) is 3.42. The molecule has 0 radical (unpaired) electrons. The second kappa shape index (κ2) is 5.32. The fraction of sp³-hybridized carbons (Fsp3) is 0.500. The van der Waals surface area contributed by atoms with Crippen LogP contribution in [0.25, 0.3) is 0 Å². The molecule has 1 aromatic rings. The first-order valence-electron chi connectivity index (χ1n) is 4.82. The van der Waals surface area contributed by atoms with E-state index in [9.17, 15) is 4.79 Å². The van der Waals surface area contributed by atoms with Gasteiger partial charge in [-0.15, -0.1) is 0 Å². The summed E-state index contributed by atoms with van der Waals surface area (Å²) in [6.07, 6.45) is 2.53. The molecular formula is C10H15BrN2O2. The van der Waals surface area contributed by atoms with E-state index in [1.165, 1.54) is 0 Å². The van der Waals surface area contributed by atoms with Crippen molar-refractivity contribution in [3.63, 3.8) is 0 Å². The predicted molar refractivity (Wildman–Crippen MR) is 61.7 cm³/mol. The van der Waals surface area contributed by atoms with Crippen molar-refractivity contribution in [2.45, 2.75) is 19.4 Å². The minimum absolute atomic E-state index is 0.0339. The molecule has 0 aliphatic carbocycles. The highest BCUT2D eigenvalue weighted by Crippen LogP contribution is 2.13. The number of aromatic nitrogens is 1. The molecule has 15 heavy (non-hydrogen) atoms. The Hall–Kier alpha value is -0.810. The number of aliphatic hydroxyl groups excluding tert-OH is 1. The Morgan fingerprint density at radius 1 is 1.73 bits per heavy atom. The maximum atomic E-state index is 11.7. The van der Waals surface area contributed by atoms with Crippen molar-refractivity contribution in [1.29, 1.82) is 0 Å². The number of aliphatic hydroxyl groups is 1. The number of amides is 1. The lowest BCUT2D eigenvalue weighted by molar-refractivity contribution is 0.0906. The van der Waals surface area contributed by atoms with Crippen molar-refractivity contribution in [2.24, 2.45) is 7.05 Å². The Morgan fingerprint density at radius 3 is 2.80 bits per heavy atom. The quantitative estimate of drug-likeness (QED) is 0.870. The van der Waals surface area contributed by atoms with E-state index in [0.717, 1.165) is 4.47 Å². The topological polar surface area (TPSA) is 54.3 Å². The van der Waals surface area contributed by atoms with Gasteiger partial charge >= 0.3 is 0 Å². The lowest BCUT2D eigenvalue weighted by Crippen LogP contribution is -2.37. The van der Waals surface area contributed by atoms with Crippen LogP contribution in [0.4, 0.5) is 0 Å². The first-order chi connectivity index (χ1) is 7.08. The third kappa shape index (κ3) is 3.07. The Bertz CT molecular complexity index is 345. The van der Waals surface area contributed by atoms with Crippen LogP contribution in [0.15, 0.2) is 16.7 Å². The summed E-state index contributed by atoms with van der Waals surface area (Å²) in [6.45, 7) is 1.88. The molecule has 0 saturated heterocycles. The molecular weight excluding hydrogens is 260 g/mol. The van der Waals surface area contributed by atoms with Crippen LogP contribution in [0.2, 0.25) is 0 Å². The van der Waals surface area contributed by atoms with E-state index in [2.05, 4.69) is 21.2 Å². The summed E-state index contributed by atoms with van der Waals surface area (Å²) < 4.78 is 2.61. The largest absolute Gasteiger partial charge is 0.394 e. The maximum Gasteiger partial charge on any atom is 0.268 e. The van der Waals surface area contributed by atoms with Crippen LogP contribution in [-0.4, -0.2) is 28.2 Å². The van der Waals surface area contributed by atoms with Crippen LogP contribution in [-0.2, 0) is 7.05 Å². The van der Waals surface area contributed by atoms with Crippen molar-refractivity contribution >= 4 is 21.8 Å². The molecule has 1 rings (SSSR count). The number of carbonyl (C=O) groups is 1. The summed E-state index contributed by atoms with van der Waals surface area (Å²) >= 11 is 3.30. The molecule has 0 aromatic carbocycles. The van der Waals surface area contributed by atoms with Crippen LogP contribution in [0, 0.1) is 0 Å². The number of rotatable bonds is 4. The number of nitrogens with zero attached hydrogens (tertiary/aromatic N) is 1. The van der Waals surface area contributed by atoms with E-state index in [1.54, 1.807) is 17.7 Å². The molecule has 0 bridgehead atoms. The number of hydrogen-bond donors (Lipinski definition) is 2. The highest BCUT2D eigenvalue weighted by Gasteiger charge is 2.14. The number of aryl methyl sites for hydroxylation is 1. The van der Waals surface area contributed by atoms with E-state index in [1.807, 2.05) is 13.1 Å². The van der Waals surface area contributed by atoms with Gasteiger partial charge in [0.2, 0.25) is 0 Å². The maximum absolute atomic E-state index is 11.7. The highest BCUT2D eigenvalue weighted by molar-refractivity contribution is 9.10. The zero-order valence-electron chi connectivity index (χ0n) is 8.83.